The number of nitro benzene ring substituents is 1. The summed E-state index contributed by atoms with van der Waals surface area (Å²) in [7, 11) is 1.75. The highest BCUT2D eigenvalue weighted by Crippen LogP contribution is 2.39. The van der Waals surface area contributed by atoms with Crippen LogP contribution in [0.15, 0.2) is 54.6 Å². The van der Waals surface area contributed by atoms with Crippen molar-refractivity contribution in [3.8, 4) is 0 Å². The lowest BCUT2D eigenvalue weighted by molar-refractivity contribution is -0.388. The molecule has 1 saturated heterocycles. The van der Waals surface area contributed by atoms with Crippen molar-refractivity contribution in [1.82, 2.24) is 4.90 Å². The zero-order valence-corrected chi connectivity index (χ0v) is 23.3. The molecule has 5 rings (SSSR count). The highest BCUT2D eigenvalue weighted by atomic mass is 19.4. The SMILES string of the molecule is CN(c1ccc([N+](=O)[O-])c(C(F)(F)F)c1)C1CCCCC1.O=C(CO)N1CCN(c2ccc3cc(F)ccc3c2)CC1. The summed E-state index contributed by atoms with van der Waals surface area (Å²) in [6.07, 6.45) is 0.427. The van der Waals surface area contributed by atoms with Crippen LogP contribution in [0.1, 0.15) is 37.7 Å². The molecule has 2 fully saturated rings. The molecule has 8 nitrogen and oxygen atoms in total. The van der Waals surface area contributed by atoms with Gasteiger partial charge < -0.3 is 19.8 Å². The molecule has 3 aromatic rings. The Kier molecular flexibility index (Phi) is 9.87. The van der Waals surface area contributed by atoms with E-state index in [1.165, 1.54) is 18.2 Å². The molecule has 0 atom stereocenters. The lowest BCUT2D eigenvalue weighted by Crippen LogP contribution is -2.49. The van der Waals surface area contributed by atoms with E-state index in [0.29, 0.717) is 18.8 Å². The fourth-order valence-corrected chi connectivity index (χ4v) is 5.52. The molecule has 0 spiro atoms. The van der Waals surface area contributed by atoms with Crippen LogP contribution in [0.2, 0.25) is 0 Å². The number of fused-ring (bicyclic) bond motifs is 1. The number of halogens is 4. The highest BCUT2D eigenvalue weighted by Gasteiger charge is 2.39. The molecule has 1 heterocycles. The zero-order chi connectivity index (χ0) is 30.4. The van der Waals surface area contributed by atoms with E-state index in [0.717, 1.165) is 73.8 Å². The van der Waals surface area contributed by atoms with Gasteiger partial charge in [0.1, 0.15) is 18.0 Å². The number of aliphatic hydroxyl groups excluding tert-OH is 1. The molecule has 226 valence electrons. The van der Waals surface area contributed by atoms with Gasteiger partial charge in [-0.25, -0.2) is 4.39 Å². The van der Waals surface area contributed by atoms with Gasteiger partial charge in [0.05, 0.1) is 4.92 Å². The van der Waals surface area contributed by atoms with E-state index < -0.39 is 29.0 Å². The van der Waals surface area contributed by atoms with Gasteiger partial charge in [-0.3, -0.25) is 14.9 Å². The van der Waals surface area contributed by atoms with E-state index in [9.17, 15) is 32.5 Å². The molecule has 42 heavy (non-hydrogen) atoms. The third-order valence-corrected chi connectivity index (χ3v) is 7.93. The van der Waals surface area contributed by atoms with Gasteiger partial charge in [0, 0.05) is 56.7 Å². The van der Waals surface area contributed by atoms with Crippen molar-refractivity contribution in [2.24, 2.45) is 0 Å². The molecule has 0 aromatic heterocycles. The van der Waals surface area contributed by atoms with Crippen molar-refractivity contribution in [1.29, 1.82) is 0 Å². The van der Waals surface area contributed by atoms with Gasteiger partial charge in [0.25, 0.3) is 5.69 Å². The van der Waals surface area contributed by atoms with Crippen LogP contribution >= 0.6 is 0 Å². The molecule has 0 radical (unpaired) electrons. The van der Waals surface area contributed by atoms with Crippen LogP contribution in [0.4, 0.5) is 34.6 Å². The number of carbonyl (C=O) groups is 1. The Hall–Kier alpha value is -3.93. The van der Waals surface area contributed by atoms with Gasteiger partial charge in [0.2, 0.25) is 5.91 Å². The standard InChI is InChI=1S/C16H17FN2O2.C14H17F3N2O2/c17-14-3-1-13-10-15(4-2-12(13)9-14)18-5-7-19(8-6-18)16(21)11-20;1-18(10-5-3-2-4-6-10)11-7-8-13(19(20)21)12(9-11)14(15,16)17/h1-4,9-10,20H,5-8,11H2;7-10H,2-6H2,1H3. The van der Waals surface area contributed by atoms with E-state index >= 15 is 0 Å². The number of nitrogens with zero attached hydrogens (tertiary/aromatic N) is 4. The largest absolute Gasteiger partial charge is 0.423 e. The van der Waals surface area contributed by atoms with Gasteiger partial charge in [-0.1, -0.05) is 31.4 Å². The third-order valence-electron chi connectivity index (χ3n) is 7.93. The van der Waals surface area contributed by atoms with Gasteiger partial charge in [-0.2, -0.15) is 13.2 Å². The van der Waals surface area contributed by atoms with Gasteiger partial charge >= 0.3 is 6.18 Å². The maximum atomic E-state index is 13.2. The normalized spacial score (nSPS) is 16.1. The number of anilines is 2. The van der Waals surface area contributed by atoms with Crippen LogP contribution in [0.5, 0.6) is 0 Å². The van der Waals surface area contributed by atoms with Crippen LogP contribution in [-0.4, -0.2) is 66.7 Å². The van der Waals surface area contributed by atoms with Crippen molar-refractivity contribution >= 4 is 33.7 Å². The minimum atomic E-state index is -4.73. The summed E-state index contributed by atoms with van der Waals surface area (Å²) in [4.78, 5) is 26.9. The number of rotatable bonds is 5. The highest BCUT2D eigenvalue weighted by molar-refractivity contribution is 5.86. The number of nitro groups is 1. The summed E-state index contributed by atoms with van der Waals surface area (Å²) in [5, 5.41) is 21.5. The molecule has 12 heteroatoms. The predicted octanol–water partition coefficient (Wildman–Crippen LogP) is 6.00. The molecule has 1 saturated carbocycles. The van der Waals surface area contributed by atoms with Crippen molar-refractivity contribution in [2.45, 2.75) is 44.3 Å². The number of benzene rings is 3. The minimum Gasteiger partial charge on any atom is -0.387 e. The van der Waals surface area contributed by atoms with Gasteiger partial charge in [-0.05, 0) is 60.0 Å². The molecule has 3 aromatic carbocycles. The van der Waals surface area contributed by atoms with Crippen LogP contribution in [0, 0.1) is 15.9 Å². The fraction of sp³-hybridized carbons (Fsp3) is 0.433. The lowest BCUT2D eigenvalue weighted by atomic mass is 9.94. The first-order valence-corrected chi connectivity index (χ1v) is 13.9. The van der Waals surface area contributed by atoms with Crippen LogP contribution in [-0.2, 0) is 11.0 Å². The second-order valence-electron chi connectivity index (χ2n) is 10.6. The maximum Gasteiger partial charge on any atom is 0.423 e. The van der Waals surface area contributed by atoms with Crippen molar-refractivity contribution < 1.29 is 32.4 Å². The van der Waals surface area contributed by atoms with Gasteiger partial charge in [-0.15, -0.1) is 0 Å². The summed E-state index contributed by atoms with van der Waals surface area (Å²) in [6, 6.07) is 14.1. The number of alkyl halides is 3. The van der Waals surface area contributed by atoms with E-state index in [-0.39, 0.29) is 17.8 Å². The average Bonchev–Trinajstić information content (AvgIpc) is 3.00. The van der Waals surface area contributed by atoms with E-state index in [1.54, 1.807) is 22.9 Å². The number of piperazine rings is 1. The summed E-state index contributed by atoms with van der Waals surface area (Å²) in [5.41, 5.74) is -0.638. The van der Waals surface area contributed by atoms with Crippen LogP contribution < -0.4 is 9.80 Å². The molecule has 1 amide bonds. The molecular weight excluding hydrogens is 556 g/mol. The van der Waals surface area contributed by atoms with E-state index in [4.69, 9.17) is 5.11 Å². The van der Waals surface area contributed by atoms with Crippen molar-refractivity contribution in [2.75, 3.05) is 49.6 Å². The number of aliphatic hydroxyl groups is 1. The van der Waals surface area contributed by atoms with Crippen molar-refractivity contribution in [3.63, 3.8) is 0 Å². The summed E-state index contributed by atoms with van der Waals surface area (Å²) < 4.78 is 52.1. The molecular formula is C30H34F4N4O4. The summed E-state index contributed by atoms with van der Waals surface area (Å²) in [5.74, 6) is -0.449. The fourth-order valence-electron chi connectivity index (χ4n) is 5.52. The number of hydrogen-bond donors (Lipinski definition) is 1. The predicted molar refractivity (Wildman–Crippen MR) is 153 cm³/mol. The van der Waals surface area contributed by atoms with Crippen molar-refractivity contribution in [3.05, 3.63) is 76.1 Å². The molecule has 1 aliphatic heterocycles. The van der Waals surface area contributed by atoms with Crippen LogP contribution in [0.25, 0.3) is 10.8 Å². The number of hydrogen-bond acceptors (Lipinski definition) is 6. The Balaban J connectivity index is 0.000000193. The topological polar surface area (TPSA) is 90.2 Å². The Labute approximate surface area is 241 Å². The second-order valence-corrected chi connectivity index (χ2v) is 10.6. The first-order valence-electron chi connectivity index (χ1n) is 13.9. The lowest BCUT2D eigenvalue weighted by Gasteiger charge is -2.36. The summed E-state index contributed by atoms with van der Waals surface area (Å²) in [6.45, 7) is 2.26. The number of carbonyl (C=O) groups excluding carboxylic acids is 1. The molecule has 0 unspecified atom stereocenters. The smallest absolute Gasteiger partial charge is 0.387 e. The monoisotopic (exact) mass is 590 g/mol. The van der Waals surface area contributed by atoms with E-state index in [2.05, 4.69) is 4.90 Å². The number of amides is 1. The second kappa shape index (κ2) is 13.4. The minimum absolute atomic E-state index is 0.196. The van der Waals surface area contributed by atoms with Crippen LogP contribution in [0.3, 0.4) is 0 Å². The maximum absolute atomic E-state index is 13.2. The molecule has 1 aliphatic carbocycles. The first kappa shape index (κ1) is 31.0. The Morgan fingerprint density at radius 2 is 1.62 bits per heavy atom. The van der Waals surface area contributed by atoms with E-state index in [1.807, 2.05) is 18.2 Å². The molecule has 2 aliphatic rings. The third kappa shape index (κ3) is 7.47. The molecule has 1 N–H and O–H groups in total. The Morgan fingerprint density at radius 1 is 0.976 bits per heavy atom. The first-order chi connectivity index (χ1) is 20.0. The average molecular weight is 591 g/mol. The zero-order valence-electron chi connectivity index (χ0n) is 23.3. The Morgan fingerprint density at radius 3 is 2.24 bits per heavy atom. The van der Waals surface area contributed by atoms with Gasteiger partial charge in [0.15, 0.2) is 0 Å². The quantitative estimate of drug-likeness (QED) is 0.223. The Bertz CT molecular complexity index is 1400. The molecule has 0 bridgehead atoms. The summed E-state index contributed by atoms with van der Waals surface area (Å²) >= 11 is 0.